The van der Waals surface area contributed by atoms with E-state index in [9.17, 15) is 9.90 Å². The Morgan fingerprint density at radius 3 is 2.86 bits per heavy atom. The van der Waals surface area contributed by atoms with Crippen LogP contribution in [0, 0.1) is 0 Å². The fourth-order valence-electron chi connectivity index (χ4n) is 2.64. The lowest BCUT2D eigenvalue weighted by atomic mass is 9.85. The van der Waals surface area contributed by atoms with Crippen LogP contribution in [0.1, 0.15) is 23.5 Å². The molecule has 0 saturated heterocycles. The molecule has 2 aromatic rings. The van der Waals surface area contributed by atoms with Gasteiger partial charge in [-0.2, -0.15) is 0 Å². The van der Waals surface area contributed by atoms with Crippen molar-refractivity contribution in [3.8, 4) is 11.5 Å². The van der Waals surface area contributed by atoms with Gasteiger partial charge < -0.3 is 15.2 Å². The van der Waals surface area contributed by atoms with Gasteiger partial charge in [0.25, 0.3) is 0 Å². The number of fused-ring (bicyclic) bond motifs is 1. The first-order valence-electron chi connectivity index (χ1n) is 6.54. The van der Waals surface area contributed by atoms with E-state index in [1.165, 1.54) is 7.11 Å². The van der Waals surface area contributed by atoms with Crippen molar-refractivity contribution in [3.63, 3.8) is 0 Å². The van der Waals surface area contributed by atoms with E-state index in [2.05, 4.69) is 21.2 Å². The number of rotatable bonds is 2. The van der Waals surface area contributed by atoms with E-state index in [1.807, 2.05) is 24.3 Å². The summed E-state index contributed by atoms with van der Waals surface area (Å²) >= 11 is 3.47. The van der Waals surface area contributed by atoms with E-state index in [4.69, 9.17) is 4.74 Å². The number of hydrogen-bond acceptors (Lipinski definition) is 3. The Labute approximate surface area is 130 Å². The van der Waals surface area contributed by atoms with Crippen LogP contribution in [0.2, 0.25) is 0 Å². The normalized spacial score (nSPS) is 17.0. The molecular weight excluding hydrogens is 334 g/mol. The maximum absolute atomic E-state index is 11.9. The zero-order chi connectivity index (χ0) is 15.0. The number of benzene rings is 2. The van der Waals surface area contributed by atoms with E-state index in [0.29, 0.717) is 12.2 Å². The SMILES string of the molecule is COc1cc(C2CC(=O)Nc3ccc(Br)cc32)ccc1O. The summed E-state index contributed by atoms with van der Waals surface area (Å²) in [6.45, 7) is 0. The molecule has 0 saturated carbocycles. The highest BCUT2D eigenvalue weighted by molar-refractivity contribution is 9.10. The minimum absolute atomic E-state index is 0.0122. The quantitative estimate of drug-likeness (QED) is 0.871. The van der Waals surface area contributed by atoms with Crippen LogP contribution in [0.3, 0.4) is 0 Å². The molecular formula is C16H14BrNO3. The number of anilines is 1. The number of aromatic hydroxyl groups is 1. The lowest BCUT2D eigenvalue weighted by Gasteiger charge is -2.26. The lowest BCUT2D eigenvalue weighted by Crippen LogP contribution is -2.23. The smallest absolute Gasteiger partial charge is 0.225 e. The van der Waals surface area contributed by atoms with Crippen molar-refractivity contribution in [2.45, 2.75) is 12.3 Å². The second-order valence-corrected chi connectivity index (χ2v) is 5.88. The molecule has 21 heavy (non-hydrogen) atoms. The Hall–Kier alpha value is -2.01. The molecule has 1 heterocycles. The predicted molar refractivity (Wildman–Crippen MR) is 83.9 cm³/mol. The fourth-order valence-corrected chi connectivity index (χ4v) is 3.02. The summed E-state index contributed by atoms with van der Waals surface area (Å²) in [5.41, 5.74) is 2.82. The molecule has 1 atom stereocenters. The lowest BCUT2D eigenvalue weighted by molar-refractivity contribution is -0.116. The molecule has 0 fully saturated rings. The number of methoxy groups -OCH3 is 1. The number of hydrogen-bond donors (Lipinski definition) is 2. The topological polar surface area (TPSA) is 58.6 Å². The Bertz CT molecular complexity index is 715. The first-order valence-corrected chi connectivity index (χ1v) is 7.34. The number of phenols is 1. The van der Waals surface area contributed by atoms with Crippen LogP contribution < -0.4 is 10.1 Å². The number of carbonyl (C=O) groups excluding carboxylic acids is 1. The van der Waals surface area contributed by atoms with Gasteiger partial charge in [0.1, 0.15) is 0 Å². The first kappa shape index (κ1) is 13.9. The van der Waals surface area contributed by atoms with Crippen LogP contribution in [0.25, 0.3) is 0 Å². The van der Waals surface area contributed by atoms with Crippen LogP contribution in [-0.4, -0.2) is 18.1 Å². The summed E-state index contributed by atoms with van der Waals surface area (Å²) in [5, 5.41) is 12.6. The van der Waals surface area contributed by atoms with E-state index < -0.39 is 0 Å². The highest BCUT2D eigenvalue weighted by Gasteiger charge is 2.27. The molecule has 4 nitrogen and oxygen atoms in total. The molecule has 1 unspecified atom stereocenters. The Morgan fingerprint density at radius 2 is 2.10 bits per heavy atom. The van der Waals surface area contributed by atoms with Gasteiger partial charge in [0.2, 0.25) is 5.91 Å². The van der Waals surface area contributed by atoms with Crippen LogP contribution in [-0.2, 0) is 4.79 Å². The summed E-state index contributed by atoms with van der Waals surface area (Å²) in [4.78, 5) is 11.9. The zero-order valence-corrected chi connectivity index (χ0v) is 13.0. The number of amides is 1. The van der Waals surface area contributed by atoms with Gasteiger partial charge in [0, 0.05) is 22.5 Å². The van der Waals surface area contributed by atoms with Gasteiger partial charge in [-0.3, -0.25) is 4.79 Å². The highest BCUT2D eigenvalue weighted by atomic mass is 79.9. The average molecular weight is 348 g/mol. The maximum Gasteiger partial charge on any atom is 0.225 e. The van der Waals surface area contributed by atoms with Gasteiger partial charge in [-0.25, -0.2) is 0 Å². The number of ether oxygens (including phenoxy) is 1. The Kier molecular flexibility index (Phi) is 3.59. The Morgan fingerprint density at radius 1 is 1.29 bits per heavy atom. The van der Waals surface area contributed by atoms with Gasteiger partial charge in [0.05, 0.1) is 7.11 Å². The molecule has 0 bridgehead atoms. The van der Waals surface area contributed by atoms with Crippen LogP contribution in [0.15, 0.2) is 40.9 Å². The van der Waals surface area contributed by atoms with E-state index >= 15 is 0 Å². The van der Waals surface area contributed by atoms with Crippen molar-refractivity contribution >= 4 is 27.5 Å². The number of nitrogens with one attached hydrogen (secondary N) is 1. The molecule has 1 aliphatic rings. The molecule has 2 N–H and O–H groups in total. The molecule has 0 spiro atoms. The summed E-state index contributed by atoms with van der Waals surface area (Å²) in [5.74, 6) is 0.439. The standard InChI is InChI=1S/C16H14BrNO3/c1-21-15-6-9(2-5-14(15)19)11-8-16(20)18-13-4-3-10(17)7-12(11)13/h2-7,11,19H,8H2,1H3,(H,18,20). The molecule has 1 amide bonds. The van der Waals surface area contributed by atoms with E-state index in [1.54, 1.807) is 12.1 Å². The van der Waals surface area contributed by atoms with Crippen LogP contribution in [0.4, 0.5) is 5.69 Å². The fraction of sp³-hybridized carbons (Fsp3) is 0.188. The molecule has 2 aromatic carbocycles. The van der Waals surface area contributed by atoms with Crippen molar-refractivity contribution in [1.29, 1.82) is 0 Å². The third kappa shape index (κ3) is 2.61. The van der Waals surface area contributed by atoms with Gasteiger partial charge in [0.15, 0.2) is 11.5 Å². The largest absolute Gasteiger partial charge is 0.504 e. The second-order valence-electron chi connectivity index (χ2n) is 4.97. The summed E-state index contributed by atoms with van der Waals surface area (Å²) in [6.07, 6.45) is 0.372. The third-order valence-electron chi connectivity index (χ3n) is 3.66. The van der Waals surface area contributed by atoms with Crippen molar-refractivity contribution in [2.24, 2.45) is 0 Å². The first-order chi connectivity index (χ1) is 10.1. The van der Waals surface area contributed by atoms with Crippen molar-refractivity contribution in [1.82, 2.24) is 0 Å². The van der Waals surface area contributed by atoms with Crippen LogP contribution >= 0.6 is 15.9 Å². The Balaban J connectivity index is 2.10. The molecule has 0 aromatic heterocycles. The molecule has 1 aliphatic heterocycles. The zero-order valence-electron chi connectivity index (χ0n) is 11.4. The molecule has 3 rings (SSSR count). The monoisotopic (exact) mass is 347 g/mol. The van der Waals surface area contributed by atoms with Crippen LogP contribution in [0.5, 0.6) is 11.5 Å². The number of halogens is 1. The average Bonchev–Trinajstić information content (AvgIpc) is 2.47. The van der Waals surface area contributed by atoms with Crippen molar-refractivity contribution in [2.75, 3.05) is 12.4 Å². The number of carbonyl (C=O) groups is 1. The predicted octanol–water partition coefficient (Wildman–Crippen LogP) is 3.64. The van der Waals surface area contributed by atoms with Gasteiger partial charge >= 0.3 is 0 Å². The number of phenolic OH excluding ortho intramolecular Hbond substituents is 1. The van der Waals surface area contributed by atoms with Crippen molar-refractivity contribution < 1.29 is 14.6 Å². The second kappa shape index (κ2) is 5.41. The van der Waals surface area contributed by atoms with Gasteiger partial charge in [-0.1, -0.05) is 22.0 Å². The summed E-state index contributed by atoms with van der Waals surface area (Å²) in [6, 6.07) is 11.0. The van der Waals surface area contributed by atoms with E-state index in [0.717, 1.165) is 21.3 Å². The molecule has 0 aliphatic carbocycles. The van der Waals surface area contributed by atoms with Gasteiger partial charge in [-0.05, 0) is 41.5 Å². The minimum atomic E-state index is -0.0549. The molecule has 108 valence electrons. The minimum Gasteiger partial charge on any atom is -0.504 e. The van der Waals surface area contributed by atoms with Crippen molar-refractivity contribution in [3.05, 3.63) is 52.0 Å². The summed E-state index contributed by atoms with van der Waals surface area (Å²) < 4.78 is 6.12. The summed E-state index contributed by atoms with van der Waals surface area (Å²) in [7, 11) is 1.51. The third-order valence-corrected chi connectivity index (χ3v) is 4.15. The molecule has 5 heteroatoms. The van der Waals surface area contributed by atoms with Gasteiger partial charge in [-0.15, -0.1) is 0 Å². The highest BCUT2D eigenvalue weighted by Crippen LogP contribution is 2.40. The van der Waals surface area contributed by atoms with E-state index in [-0.39, 0.29) is 17.6 Å². The molecule has 0 radical (unpaired) electrons. The maximum atomic E-state index is 11.9.